The molecule has 0 bridgehead atoms. The summed E-state index contributed by atoms with van der Waals surface area (Å²) in [5.41, 5.74) is 6.05. The third-order valence-electron chi connectivity index (χ3n) is 2.00. The number of benzene rings is 1. The van der Waals surface area contributed by atoms with Crippen LogP contribution >= 0.6 is 0 Å². The van der Waals surface area contributed by atoms with Crippen molar-refractivity contribution in [2.45, 2.75) is 20.0 Å². The van der Waals surface area contributed by atoms with Crippen LogP contribution in [0.25, 0.3) is 0 Å². The Bertz CT molecular complexity index is 415. The normalized spacial score (nSPS) is 11.6. The minimum Gasteiger partial charge on any atom is -0.489 e. The molecule has 1 rings (SSSR count). The number of hydrogen-bond acceptors (Lipinski definition) is 3. The van der Waals surface area contributed by atoms with Gasteiger partial charge in [0.1, 0.15) is 18.1 Å². The van der Waals surface area contributed by atoms with Crippen LogP contribution in [0.4, 0.5) is 0 Å². The van der Waals surface area contributed by atoms with Crippen molar-refractivity contribution in [3.63, 3.8) is 0 Å². The number of hydrogen-bond donors (Lipinski definition) is 1. The fraction of sp³-hybridized carbons (Fsp3) is 0.308. The standard InChI is InChI=1S/C13H17NO3/c1-9(2)8-16-11-5-4-6-12(7-11)17-10(3)13(14)15/h4-7,10H,1,8H2,2-3H3,(H2,14,15)/t10-/m0/s1. The largest absolute Gasteiger partial charge is 0.489 e. The number of nitrogens with two attached hydrogens (primary N) is 1. The highest BCUT2D eigenvalue weighted by Crippen LogP contribution is 2.20. The summed E-state index contributed by atoms with van der Waals surface area (Å²) in [6.07, 6.45) is -0.661. The molecular weight excluding hydrogens is 218 g/mol. The van der Waals surface area contributed by atoms with Crippen molar-refractivity contribution in [1.82, 2.24) is 0 Å². The van der Waals surface area contributed by atoms with Crippen LogP contribution in [-0.2, 0) is 4.79 Å². The Morgan fingerprint density at radius 2 is 2.12 bits per heavy atom. The second-order valence-corrected chi connectivity index (χ2v) is 3.88. The Kier molecular flexibility index (Phi) is 4.57. The summed E-state index contributed by atoms with van der Waals surface area (Å²) in [5, 5.41) is 0. The molecule has 92 valence electrons. The van der Waals surface area contributed by atoms with Crippen LogP contribution in [0.2, 0.25) is 0 Å². The number of carbonyl (C=O) groups is 1. The number of ether oxygens (including phenoxy) is 2. The van der Waals surface area contributed by atoms with Gasteiger partial charge in [0.05, 0.1) is 0 Å². The summed E-state index contributed by atoms with van der Waals surface area (Å²) in [5.74, 6) is 0.718. The molecule has 0 spiro atoms. The van der Waals surface area contributed by atoms with Crippen molar-refractivity contribution < 1.29 is 14.3 Å². The van der Waals surface area contributed by atoms with Crippen LogP contribution in [0.3, 0.4) is 0 Å². The molecule has 1 atom stereocenters. The summed E-state index contributed by atoms with van der Waals surface area (Å²) in [7, 11) is 0. The molecule has 0 saturated heterocycles. The van der Waals surface area contributed by atoms with E-state index in [1.165, 1.54) is 0 Å². The number of carbonyl (C=O) groups excluding carboxylic acids is 1. The maximum atomic E-state index is 10.9. The van der Waals surface area contributed by atoms with Gasteiger partial charge in [-0.25, -0.2) is 0 Å². The van der Waals surface area contributed by atoms with E-state index in [1.54, 1.807) is 25.1 Å². The van der Waals surface area contributed by atoms with Crippen LogP contribution in [0.5, 0.6) is 11.5 Å². The fourth-order valence-electron chi connectivity index (χ4n) is 1.11. The molecule has 2 N–H and O–H groups in total. The van der Waals surface area contributed by atoms with E-state index in [2.05, 4.69) is 6.58 Å². The van der Waals surface area contributed by atoms with Gasteiger partial charge in [0, 0.05) is 6.07 Å². The maximum Gasteiger partial charge on any atom is 0.258 e. The molecule has 1 amide bonds. The van der Waals surface area contributed by atoms with Gasteiger partial charge in [-0.3, -0.25) is 4.79 Å². The summed E-state index contributed by atoms with van der Waals surface area (Å²) in [6, 6.07) is 7.05. The molecule has 0 aliphatic carbocycles. The summed E-state index contributed by atoms with van der Waals surface area (Å²) < 4.78 is 10.8. The van der Waals surface area contributed by atoms with Gasteiger partial charge < -0.3 is 15.2 Å². The van der Waals surface area contributed by atoms with Crippen LogP contribution in [0.15, 0.2) is 36.4 Å². The van der Waals surface area contributed by atoms with E-state index < -0.39 is 12.0 Å². The van der Waals surface area contributed by atoms with Gasteiger partial charge in [0.15, 0.2) is 6.10 Å². The quantitative estimate of drug-likeness (QED) is 0.766. The first-order valence-corrected chi connectivity index (χ1v) is 5.32. The summed E-state index contributed by atoms with van der Waals surface area (Å²) in [4.78, 5) is 10.9. The Hall–Kier alpha value is -1.97. The third-order valence-corrected chi connectivity index (χ3v) is 2.00. The molecular formula is C13H17NO3. The second-order valence-electron chi connectivity index (χ2n) is 3.88. The van der Waals surface area contributed by atoms with Gasteiger partial charge in [-0.05, 0) is 31.6 Å². The van der Waals surface area contributed by atoms with Crippen LogP contribution in [0.1, 0.15) is 13.8 Å². The van der Waals surface area contributed by atoms with Crippen LogP contribution in [0, 0.1) is 0 Å². The average Bonchev–Trinajstić information content (AvgIpc) is 2.26. The van der Waals surface area contributed by atoms with E-state index in [0.717, 1.165) is 5.57 Å². The highest BCUT2D eigenvalue weighted by atomic mass is 16.5. The SMILES string of the molecule is C=C(C)COc1cccc(O[C@@H](C)C(N)=O)c1. The summed E-state index contributed by atoms with van der Waals surface area (Å²) >= 11 is 0. The van der Waals surface area contributed by atoms with E-state index in [-0.39, 0.29) is 0 Å². The molecule has 1 aromatic rings. The van der Waals surface area contributed by atoms with E-state index in [1.807, 2.05) is 13.0 Å². The Balaban J connectivity index is 2.65. The van der Waals surface area contributed by atoms with Gasteiger partial charge in [0.2, 0.25) is 0 Å². The molecule has 0 unspecified atom stereocenters. The molecule has 4 heteroatoms. The summed E-state index contributed by atoms with van der Waals surface area (Å²) in [6.45, 7) is 7.69. The van der Waals surface area contributed by atoms with Crippen LogP contribution in [-0.4, -0.2) is 18.6 Å². The number of amides is 1. The van der Waals surface area contributed by atoms with Crippen molar-refractivity contribution in [1.29, 1.82) is 0 Å². The van der Waals surface area contributed by atoms with Crippen molar-refractivity contribution in [2.75, 3.05) is 6.61 Å². The van der Waals surface area contributed by atoms with Gasteiger partial charge in [-0.1, -0.05) is 12.6 Å². The zero-order valence-electron chi connectivity index (χ0n) is 10.1. The molecule has 0 saturated carbocycles. The fourth-order valence-corrected chi connectivity index (χ4v) is 1.11. The molecule has 0 radical (unpaired) electrons. The highest BCUT2D eigenvalue weighted by Gasteiger charge is 2.10. The maximum absolute atomic E-state index is 10.9. The first-order chi connectivity index (χ1) is 7.99. The monoisotopic (exact) mass is 235 g/mol. The van der Waals surface area contributed by atoms with Gasteiger partial charge in [-0.15, -0.1) is 0 Å². The molecule has 4 nitrogen and oxygen atoms in total. The first kappa shape index (κ1) is 13.1. The Morgan fingerprint density at radius 3 is 2.71 bits per heavy atom. The number of rotatable bonds is 6. The average molecular weight is 235 g/mol. The lowest BCUT2D eigenvalue weighted by Gasteiger charge is -2.12. The molecule has 1 aromatic carbocycles. The van der Waals surface area contributed by atoms with Gasteiger partial charge in [0.25, 0.3) is 5.91 Å². The molecule has 17 heavy (non-hydrogen) atoms. The molecule has 0 aliphatic heterocycles. The van der Waals surface area contributed by atoms with E-state index in [0.29, 0.717) is 18.1 Å². The van der Waals surface area contributed by atoms with Crippen LogP contribution < -0.4 is 15.2 Å². The third kappa shape index (κ3) is 4.59. The lowest BCUT2D eigenvalue weighted by atomic mass is 10.3. The minimum absolute atomic E-state index is 0.453. The van der Waals surface area contributed by atoms with Crippen molar-refractivity contribution in [2.24, 2.45) is 5.73 Å². The minimum atomic E-state index is -0.661. The van der Waals surface area contributed by atoms with Gasteiger partial charge >= 0.3 is 0 Å². The lowest BCUT2D eigenvalue weighted by Crippen LogP contribution is -2.30. The molecule has 0 aliphatic rings. The molecule has 0 aromatic heterocycles. The molecule has 0 heterocycles. The van der Waals surface area contributed by atoms with E-state index in [4.69, 9.17) is 15.2 Å². The smallest absolute Gasteiger partial charge is 0.258 e. The van der Waals surface area contributed by atoms with Crippen molar-refractivity contribution in [3.05, 3.63) is 36.4 Å². The number of primary amides is 1. The zero-order valence-corrected chi connectivity index (χ0v) is 10.1. The van der Waals surface area contributed by atoms with E-state index >= 15 is 0 Å². The van der Waals surface area contributed by atoms with Crippen molar-refractivity contribution in [3.8, 4) is 11.5 Å². The van der Waals surface area contributed by atoms with Gasteiger partial charge in [-0.2, -0.15) is 0 Å². The Labute approximate surface area is 101 Å². The lowest BCUT2D eigenvalue weighted by molar-refractivity contribution is -0.123. The highest BCUT2D eigenvalue weighted by molar-refractivity contribution is 5.78. The topological polar surface area (TPSA) is 61.6 Å². The zero-order chi connectivity index (χ0) is 12.8. The van der Waals surface area contributed by atoms with Crippen molar-refractivity contribution >= 4 is 5.91 Å². The predicted molar refractivity (Wildman–Crippen MR) is 66.0 cm³/mol. The Morgan fingerprint density at radius 1 is 1.47 bits per heavy atom. The second kappa shape index (κ2) is 5.94. The van der Waals surface area contributed by atoms with E-state index in [9.17, 15) is 4.79 Å². The molecule has 0 fully saturated rings. The first-order valence-electron chi connectivity index (χ1n) is 5.32. The predicted octanol–water partition coefficient (Wildman–Crippen LogP) is 1.89.